The molecule has 2 heterocycles. The minimum absolute atomic E-state index is 0.126. The van der Waals surface area contributed by atoms with Crippen molar-refractivity contribution in [3.63, 3.8) is 0 Å². The van der Waals surface area contributed by atoms with E-state index in [1.165, 1.54) is 16.8 Å². The number of hydrogen-bond acceptors (Lipinski definition) is 5. The standard InChI is InChI=1S/C9H12FN3O3/c10-8(14)5-1-2-7(16-5)13-4-3-6(11)12-9(13)15/h3-5,7-8,14H,1-2H2,(H2,11,12,15)/t5-,7+,8?/m0/s1. The number of aromatic nitrogens is 2. The van der Waals surface area contributed by atoms with Crippen molar-refractivity contribution in [3.05, 3.63) is 22.7 Å². The molecule has 3 atom stereocenters. The molecule has 1 aliphatic heterocycles. The highest BCUT2D eigenvalue weighted by Crippen LogP contribution is 2.29. The van der Waals surface area contributed by atoms with Crippen LogP contribution in [-0.2, 0) is 4.74 Å². The van der Waals surface area contributed by atoms with Gasteiger partial charge in [0.05, 0.1) is 0 Å². The molecule has 1 aliphatic rings. The summed E-state index contributed by atoms with van der Waals surface area (Å²) in [6, 6.07) is 1.46. The van der Waals surface area contributed by atoms with E-state index in [-0.39, 0.29) is 5.82 Å². The molecule has 6 nitrogen and oxygen atoms in total. The van der Waals surface area contributed by atoms with Crippen molar-refractivity contribution >= 4 is 5.82 Å². The summed E-state index contributed by atoms with van der Waals surface area (Å²) in [5.41, 5.74) is 4.79. The van der Waals surface area contributed by atoms with Gasteiger partial charge in [0.1, 0.15) is 18.1 Å². The van der Waals surface area contributed by atoms with E-state index in [9.17, 15) is 9.18 Å². The summed E-state index contributed by atoms with van der Waals surface area (Å²) in [6.45, 7) is 0. The van der Waals surface area contributed by atoms with Gasteiger partial charge in [-0.15, -0.1) is 0 Å². The molecule has 3 N–H and O–H groups in total. The quantitative estimate of drug-likeness (QED) is 0.732. The predicted molar refractivity (Wildman–Crippen MR) is 53.2 cm³/mol. The molecule has 7 heteroatoms. The number of alkyl halides is 1. The highest BCUT2D eigenvalue weighted by Gasteiger charge is 2.32. The molecule has 16 heavy (non-hydrogen) atoms. The zero-order valence-electron chi connectivity index (χ0n) is 8.41. The molecule has 0 amide bonds. The lowest BCUT2D eigenvalue weighted by molar-refractivity contribution is -0.110. The van der Waals surface area contributed by atoms with Crippen LogP contribution in [0.5, 0.6) is 0 Å². The van der Waals surface area contributed by atoms with E-state index in [0.29, 0.717) is 12.8 Å². The highest BCUT2D eigenvalue weighted by molar-refractivity contribution is 5.23. The third-order valence-corrected chi connectivity index (χ3v) is 2.50. The van der Waals surface area contributed by atoms with Gasteiger partial charge in [-0.05, 0) is 18.9 Å². The Morgan fingerprint density at radius 1 is 1.69 bits per heavy atom. The normalized spacial score (nSPS) is 26.9. The predicted octanol–water partition coefficient (Wildman–Crippen LogP) is -0.209. The van der Waals surface area contributed by atoms with E-state index in [0.717, 1.165) is 0 Å². The van der Waals surface area contributed by atoms with Gasteiger partial charge in [-0.25, -0.2) is 9.18 Å². The van der Waals surface area contributed by atoms with Crippen molar-refractivity contribution in [1.82, 2.24) is 9.55 Å². The molecule has 0 spiro atoms. The Bertz CT molecular complexity index is 434. The fraction of sp³-hybridized carbons (Fsp3) is 0.556. The number of rotatable bonds is 2. The summed E-state index contributed by atoms with van der Waals surface area (Å²) >= 11 is 0. The third-order valence-electron chi connectivity index (χ3n) is 2.50. The van der Waals surface area contributed by atoms with E-state index in [2.05, 4.69) is 4.98 Å². The first-order chi connectivity index (χ1) is 7.58. The van der Waals surface area contributed by atoms with Crippen LogP contribution >= 0.6 is 0 Å². The smallest absolute Gasteiger partial charge is 0.351 e. The Kier molecular flexibility index (Phi) is 2.88. The maximum atomic E-state index is 12.6. The van der Waals surface area contributed by atoms with E-state index in [1.807, 2.05) is 0 Å². The Morgan fingerprint density at radius 2 is 2.44 bits per heavy atom. The topological polar surface area (TPSA) is 90.4 Å². The molecular formula is C9H12FN3O3. The van der Waals surface area contributed by atoms with Crippen molar-refractivity contribution < 1.29 is 14.2 Å². The zero-order chi connectivity index (χ0) is 11.7. The van der Waals surface area contributed by atoms with Crippen molar-refractivity contribution in [2.45, 2.75) is 31.5 Å². The molecule has 1 aromatic heterocycles. The molecule has 1 unspecified atom stereocenters. The van der Waals surface area contributed by atoms with Crippen molar-refractivity contribution in [3.8, 4) is 0 Å². The number of anilines is 1. The summed E-state index contributed by atoms with van der Waals surface area (Å²) in [7, 11) is 0. The van der Waals surface area contributed by atoms with Crippen LogP contribution in [0.3, 0.4) is 0 Å². The van der Waals surface area contributed by atoms with Crippen LogP contribution in [0.25, 0.3) is 0 Å². The highest BCUT2D eigenvalue weighted by atomic mass is 19.1. The first kappa shape index (κ1) is 11.0. The minimum Gasteiger partial charge on any atom is -0.383 e. The van der Waals surface area contributed by atoms with Crippen LogP contribution in [0.15, 0.2) is 17.1 Å². The number of aliphatic hydroxyl groups is 1. The van der Waals surface area contributed by atoms with E-state index >= 15 is 0 Å². The van der Waals surface area contributed by atoms with Crippen LogP contribution in [0, 0.1) is 0 Å². The van der Waals surface area contributed by atoms with E-state index in [1.54, 1.807) is 0 Å². The fourth-order valence-electron chi connectivity index (χ4n) is 1.70. The number of nitrogens with two attached hydrogens (primary N) is 1. The maximum Gasteiger partial charge on any atom is 0.351 e. The van der Waals surface area contributed by atoms with Crippen molar-refractivity contribution in [1.29, 1.82) is 0 Å². The van der Waals surface area contributed by atoms with Gasteiger partial charge < -0.3 is 15.6 Å². The summed E-state index contributed by atoms with van der Waals surface area (Å²) in [4.78, 5) is 15.0. The molecule has 1 aromatic rings. The third kappa shape index (κ3) is 2.05. The molecule has 1 saturated heterocycles. The lowest BCUT2D eigenvalue weighted by Gasteiger charge is -2.15. The molecule has 0 bridgehead atoms. The second-order valence-corrected chi connectivity index (χ2v) is 3.62. The van der Waals surface area contributed by atoms with Crippen molar-refractivity contribution in [2.24, 2.45) is 0 Å². The van der Waals surface area contributed by atoms with Gasteiger partial charge in [0.15, 0.2) is 0 Å². The summed E-state index contributed by atoms with van der Waals surface area (Å²) in [5, 5.41) is 8.72. The minimum atomic E-state index is -2.03. The van der Waals surface area contributed by atoms with Crippen LogP contribution < -0.4 is 11.4 Å². The fourth-order valence-corrected chi connectivity index (χ4v) is 1.70. The number of hydrogen-bond donors (Lipinski definition) is 2. The Hall–Kier alpha value is -1.47. The van der Waals surface area contributed by atoms with Crippen molar-refractivity contribution in [2.75, 3.05) is 5.73 Å². The number of nitrogens with zero attached hydrogens (tertiary/aromatic N) is 2. The maximum absolute atomic E-state index is 12.6. The molecular weight excluding hydrogens is 217 g/mol. The Labute approximate surface area is 90.5 Å². The van der Waals surface area contributed by atoms with Gasteiger partial charge in [0.2, 0.25) is 6.36 Å². The molecule has 88 valence electrons. The summed E-state index contributed by atoms with van der Waals surface area (Å²) in [5.74, 6) is 0.126. The molecule has 0 aliphatic carbocycles. The zero-order valence-corrected chi connectivity index (χ0v) is 8.41. The molecule has 0 radical (unpaired) electrons. The number of halogens is 1. The van der Waals surface area contributed by atoms with E-state index in [4.69, 9.17) is 15.6 Å². The summed E-state index contributed by atoms with van der Waals surface area (Å²) in [6.07, 6.45) is -1.23. The molecule has 1 fully saturated rings. The lowest BCUT2D eigenvalue weighted by Crippen LogP contribution is -2.28. The van der Waals surface area contributed by atoms with Gasteiger partial charge in [-0.2, -0.15) is 4.98 Å². The van der Waals surface area contributed by atoms with Crippen LogP contribution in [-0.4, -0.2) is 27.1 Å². The lowest BCUT2D eigenvalue weighted by atomic mass is 10.2. The average Bonchev–Trinajstić information content (AvgIpc) is 2.66. The first-order valence-electron chi connectivity index (χ1n) is 4.90. The number of ether oxygens (including phenoxy) is 1. The Balaban J connectivity index is 2.18. The SMILES string of the molecule is Nc1ccn([C@H]2CC[C@@H](C(O)F)O2)c(=O)n1. The number of aliphatic hydroxyl groups excluding tert-OH is 1. The van der Waals surface area contributed by atoms with Gasteiger partial charge in [-0.3, -0.25) is 4.57 Å². The second-order valence-electron chi connectivity index (χ2n) is 3.62. The van der Waals surface area contributed by atoms with Gasteiger partial charge in [-0.1, -0.05) is 0 Å². The molecule has 2 rings (SSSR count). The second kappa shape index (κ2) is 4.18. The largest absolute Gasteiger partial charge is 0.383 e. The average molecular weight is 229 g/mol. The van der Waals surface area contributed by atoms with E-state index < -0.39 is 24.4 Å². The monoisotopic (exact) mass is 229 g/mol. The van der Waals surface area contributed by atoms with Gasteiger partial charge >= 0.3 is 5.69 Å². The van der Waals surface area contributed by atoms with Gasteiger partial charge in [0.25, 0.3) is 0 Å². The Morgan fingerprint density at radius 3 is 3.00 bits per heavy atom. The van der Waals surface area contributed by atoms with Crippen LogP contribution in [0.1, 0.15) is 19.1 Å². The molecule has 0 saturated carbocycles. The number of nitrogen functional groups attached to an aromatic ring is 1. The van der Waals surface area contributed by atoms with Crippen LogP contribution in [0.2, 0.25) is 0 Å². The first-order valence-corrected chi connectivity index (χ1v) is 4.90. The molecule has 0 aromatic carbocycles. The van der Waals surface area contributed by atoms with Crippen LogP contribution in [0.4, 0.5) is 10.2 Å². The summed E-state index contributed by atoms with van der Waals surface area (Å²) < 4.78 is 19.0. The van der Waals surface area contributed by atoms with Gasteiger partial charge in [0, 0.05) is 6.20 Å².